The molecule has 1 heterocycles. The third-order valence-corrected chi connectivity index (χ3v) is 5.66. The highest BCUT2D eigenvalue weighted by Gasteiger charge is 2.30. The molecule has 0 fully saturated rings. The topological polar surface area (TPSA) is 69.7 Å². The number of nitrogens with one attached hydrogen (secondary N) is 1. The van der Waals surface area contributed by atoms with Crippen LogP contribution in [0.4, 0.5) is 5.69 Å². The Morgan fingerprint density at radius 3 is 2.62 bits per heavy atom. The highest BCUT2D eigenvalue weighted by atomic mass is 32.2. The minimum Gasteiger partial charge on any atom is -0.285 e. The van der Waals surface area contributed by atoms with Gasteiger partial charge >= 0.3 is 0 Å². The van der Waals surface area contributed by atoms with Crippen LogP contribution < -0.4 is 9.73 Å². The molecule has 1 aliphatic rings. The Balaban J connectivity index is 1.96. The van der Waals surface area contributed by atoms with Crippen molar-refractivity contribution in [2.24, 2.45) is 0 Å². The van der Waals surface area contributed by atoms with Crippen LogP contribution in [-0.2, 0) is 16.4 Å². The summed E-state index contributed by atoms with van der Waals surface area (Å²) in [6.07, 6.45) is 0.691. The second kappa shape index (κ2) is 6.26. The molecule has 0 saturated heterocycles. The maximum absolute atomic E-state index is 13.0. The van der Waals surface area contributed by atoms with Gasteiger partial charge in [0.1, 0.15) is 0 Å². The number of sulfonamides is 1. The average molecular weight is 345 g/mol. The van der Waals surface area contributed by atoms with Crippen molar-refractivity contribution in [3.05, 3.63) is 59.7 Å². The summed E-state index contributed by atoms with van der Waals surface area (Å²) < 4.78 is 27.4. The maximum Gasteiger partial charge on any atom is 0.265 e. The second-order valence-electron chi connectivity index (χ2n) is 5.82. The lowest BCUT2D eigenvalue weighted by Crippen LogP contribution is -2.36. The summed E-state index contributed by atoms with van der Waals surface area (Å²) in [5.41, 5.74) is 4.64. The highest BCUT2D eigenvalue weighted by Crippen LogP contribution is 2.32. The van der Waals surface area contributed by atoms with Crippen LogP contribution in [0.5, 0.6) is 0 Å². The third kappa shape index (κ3) is 3.00. The molecule has 0 aliphatic carbocycles. The fourth-order valence-corrected chi connectivity index (χ4v) is 4.30. The monoisotopic (exact) mass is 345 g/mol. The number of hydrogen-bond acceptors (Lipinski definition) is 4. The minimum atomic E-state index is -3.70. The van der Waals surface area contributed by atoms with Gasteiger partial charge in [0.25, 0.3) is 15.9 Å². The number of hydrogen-bond donors (Lipinski definition) is 1. The molecule has 126 valence electrons. The van der Waals surface area contributed by atoms with Crippen LogP contribution in [0, 0.1) is 0 Å². The van der Waals surface area contributed by atoms with Crippen molar-refractivity contribution >= 4 is 21.6 Å². The maximum atomic E-state index is 13.0. The smallest absolute Gasteiger partial charge is 0.265 e. The summed E-state index contributed by atoms with van der Waals surface area (Å²) in [5.74, 6) is -0.348. The number of carbonyl (C=O) groups is 1. The van der Waals surface area contributed by atoms with E-state index in [-0.39, 0.29) is 10.8 Å². The number of fused-ring (bicyclic) bond motifs is 1. The number of benzene rings is 2. The van der Waals surface area contributed by atoms with Crippen molar-refractivity contribution in [1.82, 2.24) is 10.4 Å². The summed E-state index contributed by atoms with van der Waals surface area (Å²) >= 11 is 0. The van der Waals surface area contributed by atoms with Crippen molar-refractivity contribution in [2.75, 3.05) is 24.9 Å². The molecule has 0 bridgehead atoms. The lowest BCUT2D eigenvalue weighted by molar-refractivity contribution is 0.0856. The summed E-state index contributed by atoms with van der Waals surface area (Å²) in [6, 6.07) is 13.6. The number of anilines is 1. The predicted molar refractivity (Wildman–Crippen MR) is 92.3 cm³/mol. The number of amides is 1. The quantitative estimate of drug-likeness (QED) is 0.856. The van der Waals surface area contributed by atoms with E-state index >= 15 is 0 Å². The van der Waals surface area contributed by atoms with E-state index in [4.69, 9.17) is 0 Å². The molecule has 2 aromatic rings. The number of carbonyl (C=O) groups excluding carboxylic acids is 1. The summed E-state index contributed by atoms with van der Waals surface area (Å²) in [6.45, 7) is 0.413. The van der Waals surface area contributed by atoms with E-state index in [9.17, 15) is 13.2 Å². The molecule has 0 atom stereocenters. The summed E-state index contributed by atoms with van der Waals surface area (Å²) in [7, 11) is -0.309. The van der Waals surface area contributed by atoms with E-state index in [0.29, 0.717) is 24.2 Å². The number of para-hydroxylation sites is 1. The van der Waals surface area contributed by atoms with E-state index < -0.39 is 10.0 Å². The molecule has 1 amide bonds. The molecule has 0 radical (unpaired) electrons. The molecule has 6 nitrogen and oxygen atoms in total. The van der Waals surface area contributed by atoms with Gasteiger partial charge in [-0.25, -0.2) is 13.4 Å². The van der Waals surface area contributed by atoms with Crippen LogP contribution in [0.2, 0.25) is 0 Å². The van der Waals surface area contributed by atoms with Crippen molar-refractivity contribution in [1.29, 1.82) is 0 Å². The standard InChI is InChI=1S/C17H19N3O3S/c1-19(2)18-17(21)14-7-5-8-15(12-14)24(22,23)20-11-10-13-6-3-4-9-16(13)20/h3-9,12H,10-11H2,1-2H3,(H,18,21). The largest absolute Gasteiger partial charge is 0.285 e. The first-order valence-electron chi connectivity index (χ1n) is 7.58. The zero-order valence-corrected chi connectivity index (χ0v) is 14.4. The Kier molecular flexibility index (Phi) is 4.29. The van der Waals surface area contributed by atoms with Gasteiger partial charge in [-0.05, 0) is 36.2 Å². The third-order valence-electron chi connectivity index (χ3n) is 3.85. The molecule has 7 heteroatoms. The van der Waals surface area contributed by atoms with E-state index in [1.807, 2.05) is 24.3 Å². The van der Waals surface area contributed by atoms with Crippen LogP contribution in [-0.4, -0.2) is 40.0 Å². The molecular formula is C17H19N3O3S. The van der Waals surface area contributed by atoms with Gasteiger partial charge in [0.05, 0.1) is 10.6 Å². The van der Waals surface area contributed by atoms with Gasteiger partial charge in [0, 0.05) is 26.2 Å². The summed E-state index contributed by atoms with van der Waals surface area (Å²) in [5, 5.41) is 1.51. The fourth-order valence-electron chi connectivity index (χ4n) is 2.75. The van der Waals surface area contributed by atoms with Crippen LogP contribution in [0.15, 0.2) is 53.4 Å². The van der Waals surface area contributed by atoms with E-state index in [1.165, 1.54) is 21.4 Å². The molecule has 24 heavy (non-hydrogen) atoms. The first kappa shape index (κ1) is 16.5. The SMILES string of the molecule is CN(C)NC(=O)c1cccc(S(=O)(=O)N2CCc3ccccc32)c1. The highest BCUT2D eigenvalue weighted by molar-refractivity contribution is 7.92. The van der Waals surface area contributed by atoms with Crippen LogP contribution in [0.1, 0.15) is 15.9 Å². The molecule has 2 aromatic carbocycles. The normalized spacial score (nSPS) is 13.9. The van der Waals surface area contributed by atoms with Gasteiger partial charge in [-0.1, -0.05) is 24.3 Å². The Morgan fingerprint density at radius 2 is 1.88 bits per heavy atom. The Morgan fingerprint density at radius 1 is 1.12 bits per heavy atom. The van der Waals surface area contributed by atoms with Crippen LogP contribution in [0.25, 0.3) is 0 Å². The zero-order valence-electron chi connectivity index (χ0n) is 13.6. The van der Waals surface area contributed by atoms with Crippen molar-refractivity contribution in [2.45, 2.75) is 11.3 Å². The Hall–Kier alpha value is -2.38. The van der Waals surface area contributed by atoms with Crippen molar-refractivity contribution < 1.29 is 13.2 Å². The predicted octanol–water partition coefficient (Wildman–Crippen LogP) is 1.64. The minimum absolute atomic E-state index is 0.116. The van der Waals surface area contributed by atoms with E-state index in [1.54, 1.807) is 26.2 Å². The van der Waals surface area contributed by atoms with E-state index in [0.717, 1.165) is 5.56 Å². The fraction of sp³-hybridized carbons (Fsp3) is 0.235. The first-order chi connectivity index (χ1) is 11.4. The van der Waals surface area contributed by atoms with E-state index in [2.05, 4.69) is 5.43 Å². The van der Waals surface area contributed by atoms with Gasteiger partial charge in [0.15, 0.2) is 0 Å². The first-order valence-corrected chi connectivity index (χ1v) is 9.02. The Labute approximate surface area is 141 Å². The lowest BCUT2D eigenvalue weighted by atomic mass is 10.2. The average Bonchev–Trinajstić information content (AvgIpc) is 2.99. The van der Waals surface area contributed by atoms with Gasteiger partial charge < -0.3 is 0 Å². The molecule has 1 aliphatic heterocycles. The van der Waals surface area contributed by atoms with Crippen molar-refractivity contribution in [3.8, 4) is 0 Å². The molecule has 0 spiro atoms. The van der Waals surface area contributed by atoms with Gasteiger partial charge in [0.2, 0.25) is 0 Å². The molecule has 0 unspecified atom stereocenters. The Bertz CT molecular complexity index is 878. The molecular weight excluding hydrogens is 326 g/mol. The van der Waals surface area contributed by atoms with Crippen molar-refractivity contribution in [3.63, 3.8) is 0 Å². The lowest BCUT2D eigenvalue weighted by Gasteiger charge is -2.20. The number of rotatable bonds is 4. The molecule has 3 rings (SSSR count). The van der Waals surface area contributed by atoms with Crippen LogP contribution in [0.3, 0.4) is 0 Å². The van der Waals surface area contributed by atoms with Gasteiger partial charge in [-0.3, -0.25) is 14.5 Å². The van der Waals surface area contributed by atoms with Gasteiger partial charge in [-0.15, -0.1) is 0 Å². The van der Waals surface area contributed by atoms with Gasteiger partial charge in [-0.2, -0.15) is 0 Å². The second-order valence-corrected chi connectivity index (χ2v) is 7.68. The summed E-state index contributed by atoms with van der Waals surface area (Å²) in [4.78, 5) is 12.2. The number of hydrazine groups is 1. The molecule has 1 N–H and O–H groups in total. The number of nitrogens with zero attached hydrogens (tertiary/aromatic N) is 2. The zero-order chi connectivity index (χ0) is 17.3. The molecule has 0 aromatic heterocycles. The molecule has 0 saturated carbocycles. The van der Waals surface area contributed by atoms with Crippen LogP contribution >= 0.6 is 0 Å².